The third-order valence-corrected chi connectivity index (χ3v) is 2.76. The molecule has 0 amide bonds. The number of halogens is 1. The molecule has 0 saturated carbocycles. The largest absolute Gasteiger partial charge is 0.396 e. The highest BCUT2D eigenvalue weighted by atomic mass is 35.5. The fraction of sp³-hybridized carbons (Fsp3) is 0.273. The molecule has 14 heavy (non-hydrogen) atoms. The Balaban J connectivity index is 2.31. The van der Waals surface area contributed by atoms with E-state index in [0.29, 0.717) is 10.7 Å². The van der Waals surface area contributed by atoms with Crippen LogP contribution in [0.2, 0.25) is 5.02 Å². The number of benzene rings is 1. The number of nitrogen functional groups attached to an aromatic ring is 1. The molecule has 1 aromatic rings. The van der Waals surface area contributed by atoms with Gasteiger partial charge in [-0.1, -0.05) is 29.8 Å². The van der Waals surface area contributed by atoms with Gasteiger partial charge in [-0.2, -0.15) is 0 Å². The molecular formula is C11H13ClN2. The van der Waals surface area contributed by atoms with Crippen LogP contribution in [0, 0.1) is 0 Å². The lowest BCUT2D eigenvalue weighted by Crippen LogP contribution is -2.27. The molecule has 0 bridgehead atoms. The van der Waals surface area contributed by atoms with Gasteiger partial charge in [-0.3, -0.25) is 0 Å². The van der Waals surface area contributed by atoms with Crippen molar-refractivity contribution >= 4 is 23.0 Å². The molecule has 2 rings (SSSR count). The van der Waals surface area contributed by atoms with Gasteiger partial charge in [0.1, 0.15) is 0 Å². The van der Waals surface area contributed by atoms with Gasteiger partial charge in [0.25, 0.3) is 0 Å². The number of rotatable bonds is 1. The molecule has 0 aliphatic carbocycles. The SMILES string of the molecule is Nc1c(Cl)cccc1N1CC=CCC1. The van der Waals surface area contributed by atoms with Crippen LogP contribution < -0.4 is 10.6 Å². The smallest absolute Gasteiger partial charge is 0.0741 e. The molecule has 1 heterocycles. The number of hydrogen-bond donors (Lipinski definition) is 1. The second kappa shape index (κ2) is 3.93. The molecule has 0 unspecified atom stereocenters. The van der Waals surface area contributed by atoms with E-state index >= 15 is 0 Å². The van der Waals surface area contributed by atoms with Crippen LogP contribution >= 0.6 is 11.6 Å². The van der Waals surface area contributed by atoms with Crippen LogP contribution in [0.25, 0.3) is 0 Å². The second-order valence-electron chi connectivity index (χ2n) is 3.38. The van der Waals surface area contributed by atoms with Crippen LogP contribution in [-0.2, 0) is 0 Å². The third-order valence-electron chi connectivity index (χ3n) is 2.43. The van der Waals surface area contributed by atoms with E-state index in [2.05, 4.69) is 17.1 Å². The van der Waals surface area contributed by atoms with E-state index in [4.69, 9.17) is 17.3 Å². The lowest BCUT2D eigenvalue weighted by Gasteiger charge is -2.27. The molecular weight excluding hydrogens is 196 g/mol. The second-order valence-corrected chi connectivity index (χ2v) is 3.79. The predicted octanol–water partition coefficient (Wildman–Crippen LogP) is 2.69. The van der Waals surface area contributed by atoms with Crippen LogP contribution in [0.1, 0.15) is 6.42 Å². The lowest BCUT2D eigenvalue weighted by atomic mass is 10.2. The van der Waals surface area contributed by atoms with Gasteiger partial charge in [-0.25, -0.2) is 0 Å². The standard InChI is InChI=1S/C11H13ClN2/c12-9-5-4-6-10(11(9)13)14-7-2-1-3-8-14/h1-2,4-6H,3,7-8,13H2. The Morgan fingerprint density at radius 1 is 1.29 bits per heavy atom. The van der Waals surface area contributed by atoms with Gasteiger partial charge in [0.05, 0.1) is 16.4 Å². The van der Waals surface area contributed by atoms with E-state index in [1.807, 2.05) is 18.2 Å². The van der Waals surface area contributed by atoms with Gasteiger partial charge in [0.15, 0.2) is 0 Å². The first-order valence-corrected chi connectivity index (χ1v) is 5.11. The van der Waals surface area contributed by atoms with Gasteiger partial charge < -0.3 is 10.6 Å². The zero-order valence-corrected chi connectivity index (χ0v) is 8.67. The van der Waals surface area contributed by atoms with Crippen molar-refractivity contribution in [3.8, 4) is 0 Å². The highest BCUT2D eigenvalue weighted by molar-refractivity contribution is 6.33. The molecule has 2 nitrogen and oxygen atoms in total. The Hall–Kier alpha value is -1.15. The molecule has 74 valence electrons. The molecule has 0 aromatic heterocycles. The Bertz CT molecular complexity index is 360. The number of nitrogens with zero attached hydrogens (tertiary/aromatic N) is 1. The Labute approximate surface area is 89.0 Å². The first-order chi connectivity index (χ1) is 6.79. The Morgan fingerprint density at radius 3 is 2.86 bits per heavy atom. The highest BCUT2D eigenvalue weighted by Gasteiger charge is 2.11. The minimum absolute atomic E-state index is 0.636. The van der Waals surface area contributed by atoms with Crippen LogP contribution in [-0.4, -0.2) is 13.1 Å². The first-order valence-electron chi connectivity index (χ1n) is 4.73. The number of hydrogen-bond acceptors (Lipinski definition) is 2. The van der Waals surface area contributed by atoms with Crippen LogP contribution in [0.3, 0.4) is 0 Å². The molecule has 0 saturated heterocycles. The summed E-state index contributed by atoms with van der Waals surface area (Å²) in [7, 11) is 0. The molecule has 3 heteroatoms. The van der Waals surface area contributed by atoms with Crippen LogP contribution in [0.5, 0.6) is 0 Å². The van der Waals surface area contributed by atoms with Gasteiger partial charge in [-0.05, 0) is 18.6 Å². The van der Waals surface area contributed by atoms with Crippen molar-refractivity contribution in [2.45, 2.75) is 6.42 Å². The van der Waals surface area contributed by atoms with Gasteiger partial charge >= 0.3 is 0 Å². The highest BCUT2D eigenvalue weighted by Crippen LogP contribution is 2.30. The van der Waals surface area contributed by atoms with Crippen molar-refractivity contribution in [3.63, 3.8) is 0 Å². The minimum atomic E-state index is 0.636. The van der Waals surface area contributed by atoms with E-state index in [1.54, 1.807) is 0 Å². The van der Waals surface area contributed by atoms with Crippen molar-refractivity contribution in [2.24, 2.45) is 0 Å². The summed E-state index contributed by atoms with van der Waals surface area (Å²) in [5.74, 6) is 0. The van der Waals surface area contributed by atoms with Gasteiger partial charge in [-0.15, -0.1) is 0 Å². The topological polar surface area (TPSA) is 29.3 Å². The monoisotopic (exact) mass is 208 g/mol. The molecule has 1 aromatic carbocycles. The minimum Gasteiger partial charge on any atom is -0.396 e. The lowest BCUT2D eigenvalue weighted by molar-refractivity contribution is 0.822. The van der Waals surface area contributed by atoms with Crippen LogP contribution in [0.4, 0.5) is 11.4 Å². The molecule has 0 spiro atoms. The van der Waals surface area contributed by atoms with E-state index in [9.17, 15) is 0 Å². The number of anilines is 2. The maximum Gasteiger partial charge on any atom is 0.0741 e. The molecule has 0 atom stereocenters. The third kappa shape index (κ3) is 1.70. The summed E-state index contributed by atoms with van der Waals surface area (Å²) in [6.07, 6.45) is 5.42. The fourth-order valence-electron chi connectivity index (χ4n) is 1.66. The van der Waals surface area contributed by atoms with E-state index in [-0.39, 0.29) is 0 Å². The van der Waals surface area contributed by atoms with E-state index < -0.39 is 0 Å². The Kier molecular flexibility index (Phi) is 2.64. The summed E-state index contributed by atoms with van der Waals surface area (Å²) < 4.78 is 0. The summed E-state index contributed by atoms with van der Waals surface area (Å²) in [6, 6.07) is 5.77. The van der Waals surface area contributed by atoms with Crippen molar-refractivity contribution < 1.29 is 0 Å². The average molecular weight is 209 g/mol. The van der Waals surface area contributed by atoms with Crippen molar-refractivity contribution in [3.05, 3.63) is 35.4 Å². The molecule has 2 N–H and O–H groups in total. The van der Waals surface area contributed by atoms with Crippen molar-refractivity contribution in [1.82, 2.24) is 0 Å². The number of nitrogens with two attached hydrogens (primary N) is 1. The predicted molar refractivity (Wildman–Crippen MR) is 61.8 cm³/mol. The number of para-hydroxylation sites is 1. The summed E-state index contributed by atoms with van der Waals surface area (Å²) in [5.41, 5.74) is 7.64. The van der Waals surface area contributed by atoms with Crippen molar-refractivity contribution in [2.75, 3.05) is 23.7 Å². The zero-order valence-electron chi connectivity index (χ0n) is 7.91. The zero-order chi connectivity index (χ0) is 9.97. The summed E-state index contributed by atoms with van der Waals surface area (Å²) in [4.78, 5) is 2.24. The van der Waals surface area contributed by atoms with Gasteiger partial charge in [0.2, 0.25) is 0 Å². The quantitative estimate of drug-likeness (QED) is 0.568. The molecule has 0 fully saturated rings. The first kappa shape index (κ1) is 9.41. The van der Waals surface area contributed by atoms with Crippen molar-refractivity contribution in [1.29, 1.82) is 0 Å². The Morgan fingerprint density at radius 2 is 2.14 bits per heavy atom. The summed E-state index contributed by atoms with van der Waals surface area (Å²) in [5, 5.41) is 0.636. The maximum atomic E-state index is 5.96. The maximum absolute atomic E-state index is 5.96. The normalized spacial score (nSPS) is 15.9. The van der Waals surface area contributed by atoms with Gasteiger partial charge in [0, 0.05) is 13.1 Å². The fourth-order valence-corrected chi connectivity index (χ4v) is 1.83. The molecule has 1 aliphatic heterocycles. The summed E-state index contributed by atoms with van der Waals surface area (Å²) in [6.45, 7) is 1.94. The summed E-state index contributed by atoms with van der Waals surface area (Å²) >= 11 is 5.96. The average Bonchev–Trinajstić information content (AvgIpc) is 2.23. The van der Waals surface area contributed by atoms with E-state index in [1.165, 1.54) is 0 Å². The molecule has 0 radical (unpaired) electrons. The van der Waals surface area contributed by atoms with E-state index in [0.717, 1.165) is 25.2 Å². The molecule has 1 aliphatic rings. The van der Waals surface area contributed by atoms with Crippen LogP contribution in [0.15, 0.2) is 30.4 Å².